The Morgan fingerprint density at radius 3 is 2.48 bits per heavy atom. The third-order valence-corrected chi connectivity index (χ3v) is 4.59. The van der Waals surface area contributed by atoms with Crippen LogP contribution in [-0.2, 0) is 0 Å². The Labute approximate surface area is 126 Å². The van der Waals surface area contributed by atoms with Crippen LogP contribution in [0.25, 0.3) is 0 Å². The molecule has 0 spiro atoms. The van der Waals surface area contributed by atoms with Gasteiger partial charge in [-0.1, -0.05) is 31.7 Å². The standard InChI is InChI=1S/C17H25N3O/c21-17(18-14-8-3-4-9-14)15-10-7-11-16(19-15)20-12-5-1-2-6-13-20/h7,10-11,14H,1-6,8-9,12-13H2,(H,18,21). The van der Waals surface area contributed by atoms with Gasteiger partial charge in [-0.2, -0.15) is 0 Å². The van der Waals surface area contributed by atoms with E-state index in [0.29, 0.717) is 11.7 Å². The second-order valence-corrected chi connectivity index (χ2v) is 6.24. The van der Waals surface area contributed by atoms with Crippen LogP contribution < -0.4 is 10.2 Å². The van der Waals surface area contributed by atoms with Crippen LogP contribution in [0.3, 0.4) is 0 Å². The van der Waals surface area contributed by atoms with E-state index in [1.54, 1.807) is 0 Å². The fourth-order valence-corrected chi connectivity index (χ4v) is 3.36. The molecular weight excluding hydrogens is 262 g/mol. The number of carbonyl (C=O) groups excluding carboxylic acids is 1. The van der Waals surface area contributed by atoms with Crippen molar-refractivity contribution in [3.8, 4) is 0 Å². The molecule has 0 bridgehead atoms. The van der Waals surface area contributed by atoms with Crippen molar-refractivity contribution in [1.29, 1.82) is 0 Å². The minimum atomic E-state index is -0.0152. The Kier molecular flexibility index (Phi) is 4.73. The van der Waals surface area contributed by atoms with Crippen LogP contribution in [0.4, 0.5) is 5.82 Å². The third kappa shape index (κ3) is 3.74. The first-order valence-electron chi connectivity index (χ1n) is 8.36. The zero-order valence-corrected chi connectivity index (χ0v) is 12.7. The Balaban J connectivity index is 1.68. The quantitative estimate of drug-likeness (QED) is 0.929. The van der Waals surface area contributed by atoms with E-state index in [-0.39, 0.29) is 5.91 Å². The van der Waals surface area contributed by atoms with Gasteiger partial charge in [0.2, 0.25) is 0 Å². The molecule has 4 heteroatoms. The maximum absolute atomic E-state index is 12.3. The third-order valence-electron chi connectivity index (χ3n) is 4.59. The molecule has 1 saturated carbocycles. The second kappa shape index (κ2) is 6.92. The summed E-state index contributed by atoms with van der Waals surface area (Å²) in [6, 6.07) is 6.15. The predicted octanol–water partition coefficient (Wildman–Crippen LogP) is 3.13. The minimum Gasteiger partial charge on any atom is -0.357 e. The van der Waals surface area contributed by atoms with Crippen LogP contribution >= 0.6 is 0 Å². The molecule has 0 atom stereocenters. The Bertz CT molecular complexity index is 475. The van der Waals surface area contributed by atoms with Gasteiger partial charge in [0, 0.05) is 19.1 Å². The molecule has 0 unspecified atom stereocenters. The second-order valence-electron chi connectivity index (χ2n) is 6.24. The zero-order chi connectivity index (χ0) is 14.5. The molecule has 1 saturated heterocycles. The van der Waals surface area contributed by atoms with Crippen molar-refractivity contribution in [3.05, 3.63) is 23.9 Å². The number of aromatic nitrogens is 1. The molecule has 1 aromatic rings. The number of hydrogen-bond acceptors (Lipinski definition) is 3. The molecule has 1 aliphatic heterocycles. The smallest absolute Gasteiger partial charge is 0.270 e. The maximum atomic E-state index is 12.3. The van der Waals surface area contributed by atoms with Crippen molar-refractivity contribution in [2.45, 2.75) is 57.4 Å². The molecule has 2 heterocycles. The highest BCUT2D eigenvalue weighted by Gasteiger charge is 2.19. The van der Waals surface area contributed by atoms with Crippen molar-refractivity contribution in [1.82, 2.24) is 10.3 Å². The summed E-state index contributed by atoms with van der Waals surface area (Å²) in [6.45, 7) is 2.11. The molecule has 2 aliphatic rings. The topological polar surface area (TPSA) is 45.2 Å². The molecular formula is C17H25N3O. The van der Waals surface area contributed by atoms with Gasteiger partial charge in [-0.05, 0) is 37.8 Å². The summed E-state index contributed by atoms with van der Waals surface area (Å²) in [5, 5.41) is 3.12. The van der Waals surface area contributed by atoms with Gasteiger partial charge >= 0.3 is 0 Å². The van der Waals surface area contributed by atoms with Crippen molar-refractivity contribution < 1.29 is 4.79 Å². The van der Waals surface area contributed by atoms with Gasteiger partial charge in [-0.15, -0.1) is 0 Å². The van der Waals surface area contributed by atoms with E-state index in [0.717, 1.165) is 31.7 Å². The highest BCUT2D eigenvalue weighted by Crippen LogP contribution is 2.19. The first-order valence-corrected chi connectivity index (χ1v) is 8.36. The average molecular weight is 287 g/mol. The molecule has 1 amide bonds. The van der Waals surface area contributed by atoms with E-state index in [1.165, 1.54) is 38.5 Å². The van der Waals surface area contributed by atoms with E-state index in [4.69, 9.17) is 0 Å². The molecule has 1 aromatic heterocycles. The lowest BCUT2D eigenvalue weighted by Gasteiger charge is -2.22. The number of carbonyl (C=O) groups is 1. The van der Waals surface area contributed by atoms with Gasteiger partial charge in [0.1, 0.15) is 11.5 Å². The SMILES string of the molecule is O=C(NC1CCCC1)c1cccc(N2CCCCCC2)n1. The van der Waals surface area contributed by atoms with Crippen molar-refractivity contribution in [2.24, 2.45) is 0 Å². The lowest BCUT2D eigenvalue weighted by molar-refractivity contribution is 0.0933. The lowest BCUT2D eigenvalue weighted by Crippen LogP contribution is -2.33. The number of amides is 1. The molecule has 1 aliphatic carbocycles. The predicted molar refractivity (Wildman–Crippen MR) is 84.6 cm³/mol. The Morgan fingerprint density at radius 2 is 1.76 bits per heavy atom. The molecule has 0 radical (unpaired) electrons. The summed E-state index contributed by atoms with van der Waals surface area (Å²) >= 11 is 0. The van der Waals surface area contributed by atoms with Crippen LogP contribution in [0.1, 0.15) is 61.9 Å². The minimum absolute atomic E-state index is 0.0152. The molecule has 21 heavy (non-hydrogen) atoms. The summed E-state index contributed by atoms with van der Waals surface area (Å²) in [4.78, 5) is 19.2. The highest BCUT2D eigenvalue weighted by atomic mass is 16.1. The van der Waals surface area contributed by atoms with E-state index in [9.17, 15) is 4.79 Å². The maximum Gasteiger partial charge on any atom is 0.270 e. The molecule has 0 aromatic carbocycles. The number of nitrogens with zero attached hydrogens (tertiary/aromatic N) is 2. The van der Waals surface area contributed by atoms with Gasteiger partial charge in [-0.3, -0.25) is 4.79 Å². The monoisotopic (exact) mass is 287 g/mol. The van der Waals surface area contributed by atoms with E-state index < -0.39 is 0 Å². The molecule has 114 valence electrons. The van der Waals surface area contributed by atoms with Gasteiger partial charge in [0.25, 0.3) is 5.91 Å². The van der Waals surface area contributed by atoms with E-state index in [1.807, 2.05) is 18.2 Å². The Morgan fingerprint density at radius 1 is 1.05 bits per heavy atom. The van der Waals surface area contributed by atoms with Gasteiger partial charge in [0.05, 0.1) is 0 Å². The van der Waals surface area contributed by atoms with Crippen LogP contribution in [0.5, 0.6) is 0 Å². The fourth-order valence-electron chi connectivity index (χ4n) is 3.36. The number of hydrogen-bond donors (Lipinski definition) is 1. The zero-order valence-electron chi connectivity index (χ0n) is 12.7. The van der Waals surface area contributed by atoms with E-state index >= 15 is 0 Å². The van der Waals surface area contributed by atoms with Crippen molar-refractivity contribution in [3.63, 3.8) is 0 Å². The first kappa shape index (κ1) is 14.4. The normalized spacial score (nSPS) is 20.3. The number of anilines is 1. The highest BCUT2D eigenvalue weighted by molar-refractivity contribution is 5.92. The molecule has 1 N–H and O–H groups in total. The number of pyridine rings is 1. The van der Waals surface area contributed by atoms with Crippen LogP contribution in [0.2, 0.25) is 0 Å². The molecule has 4 nitrogen and oxygen atoms in total. The van der Waals surface area contributed by atoms with Crippen molar-refractivity contribution >= 4 is 11.7 Å². The van der Waals surface area contributed by atoms with Crippen LogP contribution in [-0.4, -0.2) is 30.0 Å². The first-order chi connectivity index (χ1) is 10.3. The fraction of sp³-hybridized carbons (Fsp3) is 0.647. The van der Waals surface area contributed by atoms with Crippen molar-refractivity contribution in [2.75, 3.05) is 18.0 Å². The van der Waals surface area contributed by atoms with E-state index in [2.05, 4.69) is 15.2 Å². The Hall–Kier alpha value is -1.58. The van der Waals surface area contributed by atoms with Crippen LogP contribution in [0, 0.1) is 0 Å². The summed E-state index contributed by atoms with van der Waals surface area (Å²) in [5.74, 6) is 0.939. The van der Waals surface area contributed by atoms with Gasteiger partial charge in [0.15, 0.2) is 0 Å². The summed E-state index contributed by atoms with van der Waals surface area (Å²) < 4.78 is 0. The molecule has 2 fully saturated rings. The van der Waals surface area contributed by atoms with Gasteiger partial charge in [-0.25, -0.2) is 4.98 Å². The van der Waals surface area contributed by atoms with Crippen LogP contribution in [0.15, 0.2) is 18.2 Å². The average Bonchev–Trinajstić information content (AvgIpc) is 2.87. The summed E-state index contributed by atoms with van der Waals surface area (Å²) in [6.07, 6.45) is 9.73. The summed E-state index contributed by atoms with van der Waals surface area (Å²) in [7, 11) is 0. The van der Waals surface area contributed by atoms with Gasteiger partial charge < -0.3 is 10.2 Å². The lowest BCUT2D eigenvalue weighted by atomic mass is 10.2. The number of rotatable bonds is 3. The summed E-state index contributed by atoms with van der Waals surface area (Å²) in [5.41, 5.74) is 0.559. The number of nitrogens with one attached hydrogen (secondary N) is 1. The largest absolute Gasteiger partial charge is 0.357 e. The molecule has 3 rings (SSSR count).